The Kier molecular flexibility index (Phi) is 5.49. The smallest absolute Gasteiger partial charge is 0.327 e. The van der Waals surface area contributed by atoms with Crippen LogP contribution in [0.4, 0.5) is 4.79 Å². The molecule has 4 fully saturated rings. The third kappa shape index (κ3) is 2.89. The van der Waals surface area contributed by atoms with Crippen LogP contribution in [-0.2, 0) is 9.59 Å². The van der Waals surface area contributed by atoms with Gasteiger partial charge < -0.3 is 15.1 Å². The summed E-state index contributed by atoms with van der Waals surface area (Å²) in [6.45, 7) is 1.64. The van der Waals surface area contributed by atoms with E-state index in [9.17, 15) is 14.4 Å². The van der Waals surface area contributed by atoms with E-state index in [1.165, 1.54) is 4.90 Å². The van der Waals surface area contributed by atoms with Gasteiger partial charge in [-0.2, -0.15) is 0 Å². The zero-order valence-corrected chi connectivity index (χ0v) is 16.2. The topological polar surface area (TPSA) is 73.0 Å². The normalized spacial score (nSPS) is 30.6. The predicted octanol–water partition coefficient (Wildman–Crippen LogP) is 1.36. The van der Waals surface area contributed by atoms with E-state index in [2.05, 4.69) is 5.32 Å². The van der Waals surface area contributed by atoms with Crippen molar-refractivity contribution in [1.29, 1.82) is 0 Å². The number of hydrogen-bond acceptors (Lipinski definition) is 4. The Bertz CT molecular complexity index is 579. The van der Waals surface area contributed by atoms with Crippen LogP contribution >= 0.6 is 12.4 Å². The molecule has 8 heteroatoms. The second-order valence-corrected chi connectivity index (χ2v) is 8.00. The molecule has 0 aromatic rings. The first-order valence-electron chi connectivity index (χ1n) is 9.66. The van der Waals surface area contributed by atoms with Gasteiger partial charge in [-0.15, -0.1) is 12.4 Å². The molecule has 3 aliphatic heterocycles. The third-order valence-corrected chi connectivity index (χ3v) is 6.72. The molecule has 1 aliphatic carbocycles. The molecule has 3 heterocycles. The minimum absolute atomic E-state index is 0. The van der Waals surface area contributed by atoms with Crippen molar-refractivity contribution in [3.63, 3.8) is 0 Å². The van der Waals surface area contributed by atoms with E-state index in [1.54, 1.807) is 11.9 Å². The van der Waals surface area contributed by atoms with E-state index in [1.807, 2.05) is 4.90 Å². The van der Waals surface area contributed by atoms with E-state index < -0.39 is 5.54 Å². The van der Waals surface area contributed by atoms with Gasteiger partial charge in [-0.1, -0.05) is 19.3 Å². The van der Waals surface area contributed by atoms with Crippen molar-refractivity contribution in [2.75, 3.05) is 26.7 Å². The Morgan fingerprint density at radius 3 is 2.54 bits per heavy atom. The Hall–Kier alpha value is -1.34. The van der Waals surface area contributed by atoms with Crippen LogP contribution < -0.4 is 5.32 Å². The highest BCUT2D eigenvalue weighted by atomic mass is 35.5. The van der Waals surface area contributed by atoms with Crippen LogP contribution in [0.5, 0.6) is 0 Å². The number of nitrogens with one attached hydrogen (secondary N) is 1. The molecule has 4 rings (SSSR count). The fourth-order valence-electron chi connectivity index (χ4n) is 5.28. The molecule has 146 valence electrons. The summed E-state index contributed by atoms with van der Waals surface area (Å²) < 4.78 is 0. The molecule has 3 saturated heterocycles. The second-order valence-electron chi connectivity index (χ2n) is 8.00. The van der Waals surface area contributed by atoms with Crippen LogP contribution in [0.15, 0.2) is 0 Å². The minimum atomic E-state index is -0.699. The van der Waals surface area contributed by atoms with Crippen molar-refractivity contribution in [3.05, 3.63) is 0 Å². The zero-order valence-electron chi connectivity index (χ0n) is 15.4. The fourth-order valence-corrected chi connectivity index (χ4v) is 5.28. The number of amides is 4. The van der Waals surface area contributed by atoms with E-state index >= 15 is 0 Å². The van der Waals surface area contributed by atoms with Gasteiger partial charge in [-0.3, -0.25) is 14.5 Å². The molecule has 2 unspecified atom stereocenters. The van der Waals surface area contributed by atoms with Gasteiger partial charge in [0.25, 0.3) is 5.91 Å². The van der Waals surface area contributed by atoms with Crippen molar-refractivity contribution in [1.82, 2.24) is 20.0 Å². The minimum Gasteiger partial charge on any atom is -0.334 e. The molecular weight excluding hydrogens is 356 g/mol. The lowest BCUT2D eigenvalue weighted by Gasteiger charge is -2.35. The second kappa shape index (κ2) is 7.35. The maximum Gasteiger partial charge on any atom is 0.327 e. The Balaban J connectivity index is 0.00000196. The summed E-state index contributed by atoms with van der Waals surface area (Å²) in [5.74, 6) is -0.229. The molecule has 2 bridgehead atoms. The number of fused-ring (bicyclic) bond motifs is 2. The van der Waals surface area contributed by atoms with Crippen LogP contribution in [0.3, 0.4) is 0 Å². The SMILES string of the molecule is CN1C(=O)N(CC(=O)N2C3CCNCC2CC3)C(=O)C12CCCCC2.Cl. The highest BCUT2D eigenvalue weighted by molar-refractivity contribution is 6.09. The number of nitrogens with zero attached hydrogens (tertiary/aromatic N) is 3. The summed E-state index contributed by atoms with van der Waals surface area (Å²) in [7, 11) is 1.72. The van der Waals surface area contributed by atoms with Crippen LogP contribution in [0.1, 0.15) is 51.4 Å². The molecule has 1 spiro atoms. The Labute approximate surface area is 160 Å². The summed E-state index contributed by atoms with van der Waals surface area (Å²) in [6, 6.07) is 0.149. The lowest BCUT2D eigenvalue weighted by molar-refractivity contribution is -0.141. The maximum atomic E-state index is 13.0. The number of likely N-dealkylation sites (N-methyl/N-ethyl adjacent to an activating group) is 1. The van der Waals surface area contributed by atoms with E-state index in [4.69, 9.17) is 0 Å². The standard InChI is InChI=1S/C18H28N4O3.ClH/c1-20-17(25)21(16(24)18(20)8-3-2-4-9-18)12-15(23)22-13-5-6-14(22)11-19-10-7-13;/h13-14,19H,2-12H2,1H3;1H. The fraction of sp³-hybridized carbons (Fsp3) is 0.833. The van der Waals surface area contributed by atoms with Crippen molar-refractivity contribution >= 4 is 30.3 Å². The van der Waals surface area contributed by atoms with Crippen molar-refractivity contribution in [2.24, 2.45) is 0 Å². The highest BCUT2D eigenvalue weighted by Crippen LogP contribution is 2.39. The van der Waals surface area contributed by atoms with Gasteiger partial charge in [0.05, 0.1) is 0 Å². The number of carbonyl (C=O) groups is 3. The van der Waals surface area contributed by atoms with Gasteiger partial charge in [0.15, 0.2) is 0 Å². The first-order valence-corrected chi connectivity index (χ1v) is 9.66. The van der Waals surface area contributed by atoms with Gasteiger partial charge in [0.2, 0.25) is 5.91 Å². The molecule has 2 atom stereocenters. The molecule has 26 heavy (non-hydrogen) atoms. The van der Waals surface area contributed by atoms with Crippen LogP contribution in [0.25, 0.3) is 0 Å². The summed E-state index contributed by atoms with van der Waals surface area (Å²) >= 11 is 0. The van der Waals surface area contributed by atoms with Gasteiger partial charge in [0, 0.05) is 25.7 Å². The first kappa shape index (κ1) is 19.4. The lowest BCUT2D eigenvalue weighted by Crippen LogP contribution is -2.50. The highest BCUT2D eigenvalue weighted by Gasteiger charge is 2.56. The van der Waals surface area contributed by atoms with Crippen molar-refractivity contribution in [3.8, 4) is 0 Å². The third-order valence-electron chi connectivity index (χ3n) is 6.72. The van der Waals surface area contributed by atoms with Crippen LogP contribution in [0.2, 0.25) is 0 Å². The van der Waals surface area contributed by atoms with E-state index in [0.29, 0.717) is 0 Å². The van der Waals surface area contributed by atoms with Crippen LogP contribution in [0, 0.1) is 0 Å². The molecule has 4 amide bonds. The van der Waals surface area contributed by atoms with Crippen molar-refractivity contribution in [2.45, 2.75) is 69.0 Å². The average Bonchev–Trinajstić information content (AvgIpc) is 2.97. The molecule has 0 aromatic heterocycles. The number of hydrogen-bond donors (Lipinski definition) is 1. The summed E-state index contributed by atoms with van der Waals surface area (Å²) in [4.78, 5) is 43.5. The molecule has 0 aromatic carbocycles. The number of carbonyl (C=O) groups excluding carboxylic acids is 3. The summed E-state index contributed by atoms with van der Waals surface area (Å²) in [6.07, 6.45) is 7.47. The first-order chi connectivity index (χ1) is 12.0. The molecule has 1 saturated carbocycles. The summed E-state index contributed by atoms with van der Waals surface area (Å²) in [5, 5.41) is 3.38. The van der Waals surface area contributed by atoms with Gasteiger partial charge in [-0.05, 0) is 38.6 Å². The van der Waals surface area contributed by atoms with Crippen molar-refractivity contribution < 1.29 is 14.4 Å². The quantitative estimate of drug-likeness (QED) is 0.729. The predicted molar refractivity (Wildman–Crippen MR) is 99.1 cm³/mol. The Morgan fingerprint density at radius 2 is 1.81 bits per heavy atom. The Morgan fingerprint density at radius 1 is 1.12 bits per heavy atom. The number of rotatable bonds is 2. The average molecular weight is 385 g/mol. The van der Waals surface area contributed by atoms with Gasteiger partial charge in [-0.25, -0.2) is 4.79 Å². The van der Waals surface area contributed by atoms with Gasteiger partial charge in [0.1, 0.15) is 12.1 Å². The zero-order chi connectivity index (χ0) is 17.6. The molecule has 7 nitrogen and oxygen atoms in total. The van der Waals surface area contributed by atoms with E-state index in [0.717, 1.165) is 64.5 Å². The number of urea groups is 1. The van der Waals surface area contributed by atoms with E-state index in [-0.39, 0.29) is 48.9 Å². The molecule has 4 aliphatic rings. The summed E-state index contributed by atoms with van der Waals surface area (Å²) in [5.41, 5.74) is -0.699. The monoisotopic (exact) mass is 384 g/mol. The van der Waals surface area contributed by atoms with Crippen LogP contribution in [-0.4, -0.2) is 76.8 Å². The molecule has 0 radical (unpaired) electrons. The van der Waals surface area contributed by atoms with Gasteiger partial charge >= 0.3 is 6.03 Å². The largest absolute Gasteiger partial charge is 0.334 e. The molecule has 1 N–H and O–H groups in total. The lowest BCUT2D eigenvalue weighted by atomic mass is 9.81. The number of halogens is 1. The molecular formula is C18H29ClN4O3. The maximum absolute atomic E-state index is 13.0. The number of imide groups is 1.